The number of benzene rings is 4. The highest BCUT2D eigenvalue weighted by atomic mass is 16.5. The Bertz CT molecular complexity index is 1330. The SMILES string of the molecule is CC(C)(O)C(C)(C)OBc1ccc(C2CCc3ccccc3-c3ccc(-c4ccccc4)cc32)cc1. The van der Waals surface area contributed by atoms with E-state index in [4.69, 9.17) is 4.65 Å². The van der Waals surface area contributed by atoms with Crippen LogP contribution in [0.3, 0.4) is 0 Å². The molecule has 0 aromatic heterocycles. The van der Waals surface area contributed by atoms with Crippen LogP contribution in [0.2, 0.25) is 0 Å². The predicted molar refractivity (Wildman–Crippen MR) is 152 cm³/mol. The second-order valence-corrected chi connectivity index (χ2v) is 11.0. The van der Waals surface area contributed by atoms with E-state index >= 15 is 0 Å². The fourth-order valence-electron chi connectivity index (χ4n) is 5.00. The highest BCUT2D eigenvalue weighted by molar-refractivity contribution is 6.47. The maximum absolute atomic E-state index is 10.4. The van der Waals surface area contributed by atoms with Crippen molar-refractivity contribution in [2.45, 2.75) is 57.7 Å². The molecular weight excluding hydrogens is 439 g/mol. The summed E-state index contributed by atoms with van der Waals surface area (Å²) in [6, 6.07) is 35.3. The summed E-state index contributed by atoms with van der Waals surface area (Å²) in [7, 11) is 0.474. The highest BCUT2D eigenvalue weighted by Gasteiger charge is 2.35. The molecule has 0 fully saturated rings. The van der Waals surface area contributed by atoms with Gasteiger partial charge in [-0.15, -0.1) is 0 Å². The zero-order valence-electron chi connectivity index (χ0n) is 21.8. The quantitative estimate of drug-likeness (QED) is 0.318. The lowest BCUT2D eigenvalue weighted by Gasteiger charge is -2.37. The second-order valence-electron chi connectivity index (χ2n) is 11.0. The molecule has 5 rings (SSSR count). The van der Waals surface area contributed by atoms with Gasteiger partial charge in [0.05, 0.1) is 11.2 Å². The van der Waals surface area contributed by atoms with Gasteiger partial charge in [-0.1, -0.05) is 96.5 Å². The molecule has 4 aromatic carbocycles. The topological polar surface area (TPSA) is 29.5 Å². The predicted octanol–water partition coefficient (Wildman–Crippen LogP) is 6.64. The van der Waals surface area contributed by atoms with Gasteiger partial charge in [0, 0.05) is 5.92 Å². The van der Waals surface area contributed by atoms with E-state index in [1.807, 2.05) is 13.8 Å². The molecule has 1 aliphatic carbocycles. The molecule has 4 aromatic rings. The van der Waals surface area contributed by atoms with E-state index in [2.05, 4.69) is 97.1 Å². The Kier molecular flexibility index (Phi) is 6.63. The normalized spacial score (nSPS) is 15.5. The minimum absolute atomic E-state index is 0.318. The molecule has 0 radical (unpaired) electrons. The van der Waals surface area contributed by atoms with E-state index in [1.54, 1.807) is 13.8 Å². The van der Waals surface area contributed by atoms with Gasteiger partial charge in [-0.3, -0.25) is 0 Å². The minimum atomic E-state index is -0.914. The first-order valence-electron chi connectivity index (χ1n) is 13.0. The van der Waals surface area contributed by atoms with Crippen LogP contribution in [0.4, 0.5) is 0 Å². The molecule has 0 amide bonds. The van der Waals surface area contributed by atoms with Crippen LogP contribution in [-0.2, 0) is 11.1 Å². The van der Waals surface area contributed by atoms with Gasteiger partial charge in [-0.2, -0.15) is 0 Å². The Hall–Kier alpha value is -3.14. The van der Waals surface area contributed by atoms with E-state index in [9.17, 15) is 5.11 Å². The van der Waals surface area contributed by atoms with Crippen molar-refractivity contribution in [1.82, 2.24) is 0 Å². The molecule has 1 aliphatic rings. The zero-order valence-corrected chi connectivity index (χ0v) is 21.8. The summed E-state index contributed by atoms with van der Waals surface area (Å²) < 4.78 is 6.10. The molecule has 1 atom stereocenters. The number of fused-ring (bicyclic) bond motifs is 3. The van der Waals surface area contributed by atoms with Crippen molar-refractivity contribution in [1.29, 1.82) is 0 Å². The van der Waals surface area contributed by atoms with Gasteiger partial charge in [-0.05, 0) is 85.5 Å². The molecule has 36 heavy (non-hydrogen) atoms. The summed E-state index contributed by atoms with van der Waals surface area (Å²) in [5.74, 6) is 0.318. The minimum Gasteiger partial charge on any atom is -0.427 e. The smallest absolute Gasteiger partial charge is 0.309 e. The average Bonchev–Trinajstić information content (AvgIpc) is 3.04. The maximum Gasteiger partial charge on any atom is 0.309 e. The van der Waals surface area contributed by atoms with Gasteiger partial charge >= 0.3 is 7.48 Å². The fourth-order valence-corrected chi connectivity index (χ4v) is 5.00. The van der Waals surface area contributed by atoms with Crippen LogP contribution in [-0.4, -0.2) is 23.8 Å². The average molecular weight is 474 g/mol. The first-order valence-corrected chi connectivity index (χ1v) is 13.0. The first-order chi connectivity index (χ1) is 17.2. The van der Waals surface area contributed by atoms with Gasteiger partial charge in [0.1, 0.15) is 0 Å². The Morgan fingerprint density at radius 3 is 2.17 bits per heavy atom. The van der Waals surface area contributed by atoms with Crippen molar-refractivity contribution in [2.75, 3.05) is 0 Å². The largest absolute Gasteiger partial charge is 0.427 e. The van der Waals surface area contributed by atoms with Crippen LogP contribution < -0.4 is 5.46 Å². The van der Waals surface area contributed by atoms with E-state index in [0.29, 0.717) is 13.4 Å². The molecular formula is C33H35BO2. The van der Waals surface area contributed by atoms with E-state index in [-0.39, 0.29) is 0 Å². The molecule has 3 heteroatoms. The Balaban J connectivity index is 1.49. The van der Waals surface area contributed by atoms with Gasteiger partial charge in [0.2, 0.25) is 0 Å². The van der Waals surface area contributed by atoms with Crippen LogP contribution in [0.5, 0.6) is 0 Å². The Morgan fingerprint density at radius 1 is 0.750 bits per heavy atom. The number of aliphatic hydroxyl groups is 1. The van der Waals surface area contributed by atoms with Gasteiger partial charge in [0.25, 0.3) is 0 Å². The summed E-state index contributed by atoms with van der Waals surface area (Å²) in [6.45, 7) is 7.46. The van der Waals surface area contributed by atoms with Gasteiger partial charge in [-0.25, -0.2) is 0 Å². The first kappa shape index (κ1) is 24.6. The van der Waals surface area contributed by atoms with Crippen molar-refractivity contribution < 1.29 is 9.76 Å². The third-order valence-electron chi connectivity index (χ3n) is 8.00. The maximum atomic E-state index is 10.4. The highest BCUT2D eigenvalue weighted by Crippen LogP contribution is 2.42. The summed E-state index contributed by atoms with van der Waals surface area (Å²) in [5.41, 5.74) is 8.93. The van der Waals surface area contributed by atoms with Crippen molar-refractivity contribution in [3.05, 3.63) is 114 Å². The molecule has 182 valence electrons. The summed E-state index contributed by atoms with van der Waals surface area (Å²) >= 11 is 0. The molecule has 2 nitrogen and oxygen atoms in total. The van der Waals surface area contributed by atoms with E-state index < -0.39 is 11.2 Å². The second kappa shape index (κ2) is 9.73. The van der Waals surface area contributed by atoms with Crippen LogP contribution in [0.15, 0.2) is 97.1 Å². The fraction of sp³-hybridized carbons (Fsp3) is 0.273. The molecule has 1 N–H and O–H groups in total. The third-order valence-corrected chi connectivity index (χ3v) is 8.00. The van der Waals surface area contributed by atoms with Crippen molar-refractivity contribution in [3.8, 4) is 22.3 Å². The molecule has 0 spiro atoms. The molecule has 1 unspecified atom stereocenters. The summed E-state index contributed by atoms with van der Waals surface area (Å²) in [4.78, 5) is 0. The van der Waals surface area contributed by atoms with Crippen molar-refractivity contribution in [2.24, 2.45) is 0 Å². The monoisotopic (exact) mass is 474 g/mol. The van der Waals surface area contributed by atoms with E-state index in [0.717, 1.165) is 18.3 Å². The molecule has 0 saturated carbocycles. The molecule has 0 bridgehead atoms. The van der Waals surface area contributed by atoms with Gasteiger partial charge < -0.3 is 9.76 Å². The summed E-state index contributed by atoms with van der Waals surface area (Å²) in [6.07, 6.45) is 2.13. The molecule has 0 heterocycles. The standard InChI is InChI=1S/C33H35BO2/c1-32(2,35)33(3,4)36-34-27-18-14-25(15-19-27)29-20-16-24-12-8-9-13-28(24)30-21-17-26(22-31(29)30)23-10-6-5-7-11-23/h5-15,17-19,21-22,29,34-35H,16,20H2,1-4H3. The lowest BCUT2D eigenvalue weighted by Crippen LogP contribution is -2.49. The zero-order chi connectivity index (χ0) is 25.3. The lowest BCUT2D eigenvalue weighted by atomic mass is 9.80. The number of aryl methyl sites for hydroxylation is 1. The van der Waals surface area contributed by atoms with Crippen molar-refractivity contribution >= 4 is 12.9 Å². The third kappa shape index (κ3) is 4.91. The number of hydrogen-bond donors (Lipinski definition) is 1. The Morgan fingerprint density at radius 2 is 1.44 bits per heavy atom. The summed E-state index contributed by atoms with van der Waals surface area (Å²) in [5, 5.41) is 10.4. The van der Waals surface area contributed by atoms with E-state index in [1.165, 1.54) is 38.9 Å². The van der Waals surface area contributed by atoms with Crippen molar-refractivity contribution in [3.63, 3.8) is 0 Å². The van der Waals surface area contributed by atoms with Crippen LogP contribution in [0.1, 0.15) is 56.7 Å². The van der Waals surface area contributed by atoms with Crippen LogP contribution in [0.25, 0.3) is 22.3 Å². The lowest BCUT2D eigenvalue weighted by molar-refractivity contribution is -0.0893. The Labute approximate surface area is 216 Å². The number of hydrogen-bond acceptors (Lipinski definition) is 2. The number of rotatable bonds is 6. The molecule has 0 aliphatic heterocycles. The molecule has 0 saturated heterocycles. The van der Waals surface area contributed by atoms with Crippen LogP contribution >= 0.6 is 0 Å². The van der Waals surface area contributed by atoms with Crippen LogP contribution in [0, 0.1) is 0 Å². The van der Waals surface area contributed by atoms with Gasteiger partial charge in [0.15, 0.2) is 0 Å².